The van der Waals surface area contributed by atoms with Gasteiger partial charge < -0.3 is 10.0 Å². The smallest absolute Gasteiger partial charge is 0.423 e. The Balaban J connectivity index is 1.73. The molecular formula is C17H27BO2. The Hall–Kier alpha value is -0.795. The first-order chi connectivity index (χ1) is 9.69. The van der Waals surface area contributed by atoms with Crippen LogP contribution in [-0.2, 0) is 6.42 Å². The Morgan fingerprint density at radius 2 is 1.50 bits per heavy atom. The van der Waals surface area contributed by atoms with Crippen molar-refractivity contribution < 1.29 is 10.0 Å². The molecule has 2 N–H and O–H groups in total. The highest BCUT2D eigenvalue weighted by molar-refractivity contribution is 6.58. The molecule has 3 heteroatoms. The molecule has 0 heterocycles. The van der Waals surface area contributed by atoms with Gasteiger partial charge in [-0.3, -0.25) is 0 Å². The van der Waals surface area contributed by atoms with E-state index in [0.717, 1.165) is 18.3 Å². The second-order valence-electron chi connectivity index (χ2n) is 6.33. The lowest BCUT2D eigenvalue weighted by atomic mass is 9.77. The summed E-state index contributed by atoms with van der Waals surface area (Å²) in [6, 6.07) is 7.69. The van der Waals surface area contributed by atoms with Crippen molar-refractivity contribution >= 4 is 12.6 Å². The van der Waals surface area contributed by atoms with Gasteiger partial charge in [0, 0.05) is 0 Å². The largest absolute Gasteiger partial charge is 0.488 e. The van der Waals surface area contributed by atoms with Gasteiger partial charge in [0.15, 0.2) is 0 Å². The first-order valence-corrected chi connectivity index (χ1v) is 8.14. The fraction of sp³-hybridized carbons (Fsp3) is 0.647. The Labute approximate surface area is 123 Å². The fourth-order valence-corrected chi connectivity index (χ4v) is 3.44. The molecule has 2 rings (SSSR count). The Kier molecular flexibility index (Phi) is 6.12. The molecule has 1 aromatic rings. The van der Waals surface area contributed by atoms with Gasteiger partial charge >= 0.3 is 7.12 Å². The Morgan fingerprint density at radius 1 is 0.950 bits per heavy atom. The third-order valence-corrected chi connectivity index (χ3v) is 4.78. The highest BCUT2D eigenvalue weighted by Crippen LogP contribution is 2.33. The van der Waals surface area contributed by atoms with Crippen molar-refractivity contribution in [3.63, 3.8) is 0 Å². The molecule has 0 aromatic heterocycles. The van der Waals surface area contributed by atoms with Gasteiger partial charge in [0.25, 0.3) is 0 Å². The monoisotopic (exact) mass is 274 g/mol. The zero-order valence-electron chi connectivity index (χ0n) is 12.6. The normalized spacial score (nSPS) is 22.8. The molecule has 0 unspecified atom stereocenters. The first kappa shape index (κ1) is 15.6. The molecule has 2 nitrogen and oxygen atoms in total. The summed E-state index contributed by atoms with van der Waals surface area (Å²) in [7, 11) is -1.35. The molecule has 1 fully saturated rings. The molecule has 0 bridgehead atoms. The van der Waals surface area contributed by atoms with Gasteiger partial charge in [-0.1, -0.05) is 69.7 Å². The lowest BCUT2D eigenvalue weighted by Gasteiger charge is -2.28. The maximum Gasteiger partial charge on any atom is 0.488 e. The molecule has 1 aliphatic carbocycles. The summed E-state index contributed by atoms with van der Waals surface area (Å²) >= 11 is 0. The standard InChI is InChI=1S/C17H27BO2/c1-2-3-14-4-6-15(7-5-14)8-9-16-10-12-17(13-11-16)18(19)20/h10-15,19-20H,2-9H2,1H3/t14-,15-. The predicted molar refractivity (Wildman–Crippen MR) is 84.9 cm³/mol. The molecule has 0 aliphatic heterocycles. The summed E-state index contributed by atoms with van der Waals surface area (Å²) in [6.07, 6.45) is 10.8. The lowest BCUT2D eigenvalue weighted by molar-refractivity contribution is 0.252. The van der Waals surface area contributed by atoms with Crippen LogP contribution in [0.4, 0.5) is 0 Å². The van der Waals surface area contributed by atoms with Gasteiger partial charge in [0.2, 0.25) is 0 Å². The van der Waals surface area contributed by atoms with E-state index in [0.29, 0.717) is 5.46 Å². The predicted octanol–water partition coefficient (Wildman–Crippen LogP) is 2.91. The Bertz CT molecular complexity index is 380. The molecule has 0 atom stereocenters. The van der Waals surface area contributed by atoms with Crippen molar-refractivity contribution in [1.29, 1.82) is 0 Å². The van der Waals surface area contributed by atoms with Gasteiger partial charge in [0.05, 0.1) is 0 Å². The van der Waals surface area contributed by atoms with Gasteiger partial charge in [-0.05, 0) is 35.7 Å². The molecular weight excluding hydrogens is 247 g/mol. The van der Waals surface area contributed by atoms with Crippen molar-refractivity contribution in [2.75, 3.05) is 0 Å². The van der Waals surface area contributed by atoms with E-state index in [1.807, 2.05) is 24.3 Å². The minimum absolute atomic E-state index is 0.578. The van der Waals surface area contributed by atoms with Gasteiger partial charge in [-0.15, -0.1) is 0 Å². The van der Waals surface area contributed by atoms with Gasteiger partial charge in [-0.2, -0.15) is 0 Å². The van der Waals surface area contributed by atoms with Crippen LogP contribution >= 0.6 is 0 Å². The average molecular weight is 274 g/mol. The third-order valence-electron chi connectivity index (χ3n) is 4.78. The molecule has 0 radical (unpaired) electrons. The molecule has 110 valence electrons. The van der Waals surface area contributed by atoms with Crippen LogP contribution in [-0.4, -0.2) is 17.2 Å². The quantitative estimate of drug-likeness (QED) is 0.783. The maximum atomic E-state index is 9.07. The molecule has 1 saturated carbocycles. The summed E-state index contributed by atoms with van der Waals surface area (Å²) < 4.78 is 0. The van der Waals surface area contributed by atoms with E-state index in [9.17, 15) is 0 Å². The molecule has 0 amide bonds. The number of benzene rings is 1. The number of rotatable bonds is 6. The van der Waals surface area contributed by atoms with E-state index in [4.69, 9.17) is 10.0 Å². The van der Waals surface area contributed by atoms with Crippen LogP contribution in [0.5, 0.6) is 0 Å². The van der Waals surface area contributed by atoms with Gasteiger partial charge in [-0.25, -0.2) is 0 Å². The van der Waals surface area contributed by atoms with Crippen LogP contribution in [0.15, 0.2) is 24.3 Å². The number of hydrogen-bond acceptors (Lipinski definition) is 2. The summed E-state index contributed by atoms with van der Waals surface area (Å²) in [4.78, 5) is 0. The number of hydrogen-bond donors (Lipinski definition) is 2. The second kappa shape index (κ2) is 7.85. The number of aryl methyl sites for hydroxylation is 1. The molecule has 1 aromatic carbocycles. The molecule has 1 aliphatic rings. The summed E-state index contributed by atoms with van der Waals surface area (Å²) in [5.41, 5.74) is 1.89. The SMILES string of the molecule is CCC[C@H]1CC[C@H](CCc2ccc(B(O)O)cc2)CC1. The Morgan fingerprint density at radius 3 is 2.00 bits per heavy atom. The minimum Gasteiger partial charge on any atom is -0.423 e. The summed E-state index contributed by atoms with van der Waals surface area (Å²) in [5.74, 6) is 1.88. The second-order valence-corrected chi connectivity index (χ2v) is 6.33. The van der Waals surface area contributed by atoms with Crippen molar-refractivity contribution in [1.82, 2.24) is 0 Å². The third kappa shape index (κ3) is 4.64. The average Bonchev–Trinajstić information content (AvgIpc) is 2.47. The highest BCUT2D eigenvalue weighted by Gasteiger charge is 2.20. The van der Waals surface area contributed by atoms with Crippen LogP contribution in [0, 0.1) is 11.8 Å². The maximum absolute atomic E-state index is 9.07. The zero-order chi connectivity index (χ0) is 14.4. The zero-order valence-corrected chi connectivity index (χ0v) is 12.6. The van der Waals surface area contributed by atoms with E-state index in [2.05, 4.69) is 6.92 Å². The van der Waals surface area contributed by atoms with Crippen molar-refractivity contribution in [2.24, 2.45) is 11.8 Å². The van der Waals surface area contributed by atoms with Crippen LogP contribution in [0.3, 0.4) is 0 Å². The van der Waals surface area contributed by atoms with E-state index in [1.54, 1.807) is 0 Å². The van der Waals surface area contributed by atoms with E-state index in [-0.39, 0.29) is 0 Å². The van der Waals surface area contributed by atoms with Gasteiger partial charge in [0.1, 0.15) is 0 Å². The minimum atomic E-state index is -1.35. The topological polar surface area (TPSA) is 40.5 Å². The first-order valence-electron chi connectivity index (χ1n) is 8.14. The van der Waals surface area contributed by atoms with E-state index < -0.39 is 7.12 Å². The lowest BCUT2D eigenvalue weighted by Crippen LogP contribution is -2.29. The summed E-state index contributed by atoms with van der Waals surface area (Å²) in [6.45, 7) is 2.29. The molecule has 20 heavy (non-hydrogen) atoms. The van der Waals surface area contributed by atoms with Crippen molar-refractivity contribution in [2.45, 2.75) is 58.3 Å². The fourth-order valence-electron chi connectivity index (χ4n) is 3.44. The highest BCUT2D eigenvalue weighted by atomic mass is 16.4. The molecule has 0 spiro atoms. The van der Waals surface area contributed by atoms with E-state index >= 15 is 0 Å². The summed E-state index contributed by atoms with van der Waals surface area (Å²) in [5, 5.41) is 18.1. The van der Waals surface area contributed by atoms with Crippen molar-refractivity contribution in [3.05, 3.63) is 29.8 Å². The van der Waals surface area contributed by atoms with Crippen LogP contribution in [0.1, 0.15) is 57.4 Å². The van der Waals surface area contributed by atoms with Crippen LogP contribution < -0.4 is 5.46 Å². The van der Waals surface area contributed by atoms with E-state index in [1.165, 1.54) is 50.5 Å². The van der Waals surface area contributed by atoms with Crippen LogP contribution in [0.2, 0.25) is 0 Å². The molecule has 0 saturated heterocycles. The van der Waals surface area contributed by atoms with Crippen molar-refractivity contribution in [3.8, 4) is 0 Å². The van der Waals surface area contributed by atoms with Crippen LogP contribution in [0.25, 0.3) is 0 Å².